The minimum absolute atomic E-state index is 0.0681. The highest BCUT2D eigenvalue weighted by molar-refractivity contribution is 5.81. The molecule has 2 N–H and O–H groups in total. The Morgan fingerprint density at radius 2 is 1.90 bits per heavy atom. The molecule has 1 saturated heterocycles. The van der Waals surface area contributed by atoms with Gasteiger partial charge in [0, 0.05) is 0 Å². The summed E-state index contributed by atoms with van der Waals surface area (Å²) >= 11 is 0. The third-order valence-electron chi connectivity index (χ3n) is 3.27. The Kier molecular flexibility index (Phi) is 4.22. The van der Waals surface area contributed by atoms with Crippen LogP contribution in [-0.4, -0.2) is 46.6 Å². The van der Waals surface area contributed by atoms with Gasteiger partial charge in [-0.2, -0.15) is 13.2 Å². The van der Waals surface area contributed by atoms with Crippen LogP contribution >= 0.6 is 0 Å². The van der Waals surface area contributed by atoms with E-state index in [1.807, 2.05) is 0 Å². The summed E-state index contributed by atoms with van der Waals surface area (Å²) in [5.74, 6) is -1.32. The number of aliphatic hydroxyl groups is 2. The van der Waals surface area contributed by atoms with Crippen molar-refractivity contribution in [1.29, 1.82) is 0 Å². The molecule has 1 heterocycles. The lowest BCUT2D eigenvalue weighted by atomic mass is 9.86. The molecule has 116 valence electrons. The number of benzene rings is 1. The second-order valence-corrected chi connectivity index (χ2v) is 4.66. The van der Waals surface area contributed by atoms with E-state index in [-0.39, 0.29) is 13.2 Å². The number of hydrogen-bond acceptors (Lipinski definition) is 4. The van der Waals surface area contributed by atoms with Gasteiger partial charge in [-0.05, 0) is 12.0 Å². The fourth-order valence-electron chi connectivity index (χ4n) is 2.11. The summed E-state index contributed by atoms with van der Waals surface area (Å²) in [4.78, 5) is 16.7. The van der Waals surface area contributed by atoms with Crippen LogP contribution in [0, 0.1) is 0 Å². The first kappa shape index (κ1) is 15.7. The predicted octanol–water partition coefficient (Wildman–Crippen LogP) is 0.961. The normalized spacial score (nSPS) is 20.1. The number of carbonyl (C=O) groups is 1. The van der Waals surface area contributed by atoms with Crippen molar-refractivity contribution in [2.24, 2.45) is 0 Å². The molecule has 1 aliphatic rings. The van der Waals surface area contributed by atoms with E-state index in [4.69, 9.17) is 4.84 Å². The fourth-order valence-corrected chi connectivity index (χ4v) is 2.11. The molecule has 1 fully saturated rings. The minimum atomic E-state index is -5.23. The Bertz CT molecular complexity index is 502. The van der Waals surface area contributed by atoms with E-state index >= 15 is 0 Å². The van der Waals surface area contributed by atoms with Crippen LogP contribution in [-0.2, 0) is 15.2 Å². The van der Waals surface area contributed by atoms with E-state index in [2.05, 4.69) is 0 Å². The zero-order valence-electron chi connectivity index (χ0n) is 10.9. The smallest absolute Gasteiger partial charge is 0.380 e. The zero-order valence-corrected chi connectivity index (χ0v) is 10.9. The van der Waals surface area contributed by atoms with Gasteiger partial charge in [0.25, 0.3) is 5.91 Å². The van der Waals surface area contributed by atoms with Crippen LogP contribution in [0.5, 0.6) is 0 Å². The van der Waals surface area contributed by atoms with Crippen LogP contribution in [0.25, 0.3) is 0 Å². The highest BCUT2D eigenvalue weighted by Gasteiger charge is 2.62. The van der Waals surface area contributed by atoms with Gasteiger partial charge in [0.15, 0.2) is 6.10 Å². The number of nitrogens with zero attached hydrogens (tertiary/aromatic N) is 1. The van der Waals surface area contributed by atoms with E-state index in [1.165, 1.54) is 18.2 Å². The quantitative estimate of drug-likeness (QED) is 0.873. The Morgan fingerprint density at radius 3 is 2.38 bits per heavy atom. The molecule has 1 aromatic carbocycles. The highest BCUT2D eigenvalue weighted by Crippen LogP contribution is 2.42. The number of aliphatic hydroxyl groups excluding tert-OH is 1. The lowest BCUT2D eigenvalue weighted by molar-refractivity contribution is -0.298. The van der Waals surface area contributed by atoms with Gasteiger partial charge in [-0.3, -0.25) is 9.63 Å². The van der Waals surface area contributed by atoms with Crippen LogP contribution in [0.15, 0.2) is 30.3 Å². The molecule has 2 atom stereocenters. The standard InChI is InChI=1S/C13H14F3NO4/c14-13(15,16)12(20,9-5-2-1-3-6-9)10(18)11(19)17-7-4-8-21-17/h1-3,5-6,10,18,20H,4,7-8H2. The second kappa shape index (κ2) is 5.63. The molecule has 0 radical (unpaired) electrons. The van der Waals surface area contributed by atoms with Crippen molar-refractivity contribution in [2.75, 3.05) is 13.2 Å². The maximum atomic E-state index is 13.3. The van der Waals surface area contributed by atoms with Gasteiger partial charge in [-0.15, -0.1) is 0 Å². The van der Waals surface area contributed by atoms with Crippen molar-refractivity contribution < 1.29 is 33.0 Å². The Balaban J connectivity index is 2.38. The molecule has 8 heteroatoms. The van der Waals surface area contributed by atoms with E-state index in [9.17, 15) is 28.2 Å². The van der Waals surface area contributed by atoms with Gasteiger partial charge >= 0.3 is 6.18 Å². The molecule has 1 aliphatic heterocycles. The van der Waals surface area contributed by atoms with Crippen molar-refractivity contribution in [3.05, 3.63) is 35.9 Å². The molecule has 5 nitrogen and oxygen atoms in total. The maximum Gasteiger partial charge on any atom is 0.424 e. The number of alkyl halides is 3. The van der Waals surface area contributed by atoms with E-state index < -0.39 is 29.4 Å². The molecule has 2 rings (SSSR count). The number of hydrogen-bond donors (Lipinski definition) is 2. The highest BCUT2D eigenvalue weighted by atomic mass is 19.4. The van der Waals surface area contributed by atoms with Gasteiger partial charge in [-0.25, -0.2) is 5.06 Å². The first-order valence-electron chi connectivity index (χ1n) is 6.25. The van der Waals surface area contributed by atoms with Crippen molar-refractivity contribution in [1.82, 2.24) is 5.06 Å². The first-order valence-corrected chi connectivity index (χ1v) is 6.25. The van der Waals surface area contributed by atoms with Crippen LogP contribution in [0.2, 0.25) is 0 Å². The molecule has 0 bridgehead atoms. The van der Waals surface area contributed by atoms with Crippen LogP contribution in [0.1, 0.15) is 12.0 Å². The average molecular weight is 305 g/mol. The number of rotatable bonds is 3. The van der Waals surface area contributed by atoms with Crippen LogP contribution < -0.4 is 0 Å². The molecule has 1 amide bonds. The number of halogens is 3. The predicted molar refractivity (Wildman–Crippen MR) is 64.7 cm³/mol. The summed E-state index contributed by atoms with van der Waals surface area (Å²) in [7, 11) is 0. The lowest BCUT2D eigenvalue weighted by Gasteiger charge is -2.35. The van der Waals surface area contributed by atoms with Crippen LogP contribution in [0.3, 0.4) is 0 Å². The SMILES string of the molecule is O=C(C(O)C(O)(c1ccccc1)C(F)(F)F)N1CCCO1. The van der Waals surface area contributed by atoms with Gasteiger partial charge < -0.3 is 10.2 Å². The Morgan fingerprint density at radius 1 is 1.29 bits per heavy atom. The zero-order chi connectivity index (χ0) is 15.7. The maximum absolute atomic E-state index is 13.3. The van der Waals surface area contributed by atoms with Gasteiger partial charge in [0.05, 0.1) is 13.2 Å². The van der Waals surface area contributed by atoms with Gasteiger partial charge in [0.1, 0.15) is 0 Å². The number of amides is 1. The molecule has 0 aromatic heterocycles. The molecule has 21 heavy (non-hydrogen) atoms. The molecule has 0 spiro atoms. The van der Waals surface area contributed by atoms with Crippen molar-refractivity contribution >= 4 is 5.91 Å². The summed E-state index contributed by atoms with van der Waals surface area (Å²) in [5.41, 5.74) is -4.31. The summed E-state index contributed by atoms with van der Waals surface area (Å²) in [6.07, 6.45) is -7.49. The Labute approximate surface area is 118 Å². The van der Waals surface area contributed by atoms with Gasteiger partial charge in [0.2, 0.25) is 5.60 Å². The van der Waals surface area contributed by atoms with Crippen molar-refractivity contribution in [3.8, 4) is 0 Å². The molecule has 0 saturated carbocycles. The van der Waals surface area contributed by atoms with Crippen molar-refractivity contribution in [2.45, 2.75) is 24.3 Å². The topological polar surface area (TPSA) is 70.0 Å². The van der Waals surface area contributed by atoms with E-state index in [0.29, 0.717) is 11.5 Å². The van der Waals surface area contributed by atoms with Crippen molar-refractivity contribution in [3.63, 3.8) is 0 Å². The molecule has 2 unspecified atom stereocenters. The van der Waals surface area contributed by atoms with E-state index in [0.717, 1.165) is 12.1 Å². The number of hydroxylamine groups is 2. The molecule has 1 aromatic rings. The van der Waals surface area contributed by atoms with Gasteiger partial charge in [-0.1, -0.05) is 30.3 Å². The number of carbonyl (C=O) groups excluding carboxylic acids is 1. The summed E-state index contributed by atoms with van der Waals surface area (Å²) in [5, 5.41) is 20.5. The minimum Gasteiger partial charge on any atom is -0.380 e. The monoisotopic (exact) mass is 305 g/mol. The van der Waals surface area contributed by atoms with Crippen LogP contribution in [0.4, 0.5) is 13.2 Å². The van der Waals surface area contributed by atoms with E-state index in [1.54, 1.807) is 0 Å². The first-order chi connectivity index (χ1) is 9.78. The fraction of sp³-hybridized carbons (Fsp3) is 0.462. The molecule has 0 aliphatic carbocycles. The Hall–Kier alpha value is -1.64. The molecular formula is C13H14F3NO4. The third-order valence-corrected chi connectivity index (χ3v) is 3.27. The summed E-state index contributed by atoms with van der Waals surface area (Å²) in [6, 6.07) is 5.99. The lowest BCUT2D eigenvalue weighted by Crippen LogP contribution is -2.57. The summed E-state index contributed by atoms with van der Waals surface area (Å²) in [6.45, 7) is 0.243. The largest absolute Gasteiger partial charge is 0.424 e. The summed E-state index contributed by atoms with van der Waals surface area (Å²) < 4.78 is 39.8. The average Bonchev–Trinajstić information content (AvgIpc) is 2.98. The third kappa shape index (κ3) is 2.74. The molecular weight excluding hydrogens is 291 g/mol. The second-order valence-electron chi connectivity index (χ2n) is 4.66.